The van der Waals surface area contributed by atoms with E-state index in [-0.39, 0.29) is 0 Å². The highest BCUT2D eigenvalue weighted by atomic mass is 16.5. The minimum absolute atomic E-state index is 0.654. The van der Waals surface area contributed by atoms with Gasteiger partial charge in [0.2, 0.25) is 0 Å². The van der Waals surface area contributed by atoms with Crippen LogP contribution in [0.25, 0.3) is 6.08 Å². The van der Waals surface area contributed by atoms with Crippen molar-refractivity contribution in [2.24, 2.45) is 0 Å². The van der Waals surface area contributed by atoms with Crippen molar-refractivity contribution < 1.29 is 9.30 Å². The van der Waals surface area contributed by atoms with E-state index in [1.165, 1.54) is 6.21 Å². The maximum absolute atomic E-state index is 6.97. The number of nitrogens with zero attached hydrogens (tertiary/aromatic N) is 1. The predicted octanol–water partition coefficient (Wildman–Crippen LogP) is 3.30. The Hall–Kier alpha value is -2.42. The fourth-order valence-corrected chi connectivity index (χ4v) is 1.57. The van der Waals surface area contributed by atoms with Crippen molar-refractivity contribution in [3.05, 3.63) is 73.3 Å². The first-order valence-corrected chi connectivity index (χ1v) is 6.53. The number of hydrogen-bond acceptors (Lipinski definition) is 2. The summed E-state index contributed by atoms with van der Waals surface area (Å²) in [5.74, 6) is 0. The van der Waals surface area contributed by atoms with Crippen molar-refractivity contribution in [3.8, 4) is 0 Å². The van der Waals surface area contributed by atoms with Crippen molar-refractivity contribution in [2.75, 3.05) is 6.61 Å². The Kier molecular flexibility index (Phi) is 7.43. The Morgan fingerprint density at radius 1 is 1.30 bits per heavy atom. The molecule has 0 aliphatic rings. The topological polar surface area (TPSA) is 37.0 Å². The fourth-order valence-electron chi connectivity index (χ4n) is 1.57. The third kappa shape index (κ3) is 5.96. The maximum atomic E-state index is 6.97. The zero-order valence-corrected chi connectivity index (χ0v) is 11.7. The Morgan fingerprint density at radius 3 is 2.65 bits per heavy atom. The molecule has 0 saturated heterocycles. The molecule has 0 aliphatic heterocycles. The van der Waals surface area contributed by atoms with Gasteiger partial charge in [-0.1, -0.05) is 25.3 Å². The highest BCUT2D eigenvalue weighted by molar-refractivity contribution is 5.70. The molecule has 3 nitrogen and oxygen atoms in total. The molecule has 1 N–H and O–H groups in total. The summed E-state index contributed by atoms with van der Waals surface area (Å²) < 4.78 is 7.52. The Balaban J connectivity index is 2.26. The molecule has 0 saturated carbocycles. The van der Waals surface area contributed by atoms with Crippen LogP contribution in [0.4, 0.5) is 0 Å². The third-order valence-electron chi connectivity index (χ3n) is 2.70. The van der Waals surface area contributed by atoms with Crippen LogP contribution in [0.15, 0.2) is 67.7 Å². The first-order chi connectivity index (χ1) is 9.80. The SMILES string of the molecule is C=CC(/C=C\OCCC[n+]1ccc(C=C)cc1)=C/C=N. The Labute approximate surface area is 120 Å². The number of aromatic nitrogens is 1. The van der Waals surface area contributed by atoms with Gasteiger partial charge in [-0.25, -0.2) is 4.57 Å². The molecule has 1 aromatic heterocycles. The molecule has 0 aromatic carbocycles. The van der Waals surface area contributed by atoms with Crippen molar-refractivity contribution in [2.45, 2.75) is 13.0 Å². The van der Waals surface area contributed by atoms with Gasteiger partial charge in [0, 0.05) is 24.8 Å². The number of nitrogens with one attached hydrogen (secondary N) is 1. The monoisotopic (exact) mass is 269 g/mol. The van der Waals surface area contributed by atoms with Gasteiger partial charge in [-0.3, -0.25) is 0 Å². The van der Waals surface area contributed by atoms with Gasteiger partial charge in [0.05, 0.1) is 12.9 Å². The van der Waals surface area contributed by atoms with Crippen LogP contribution < -0.4 is 4.57 Å². The second-order valence-corrected chi connectivity index (χ2v) is 4.14. The van der Waals surface area contributed by atoms with Crippen LogP contribution in [-0.2, 0) is 11.3 Å². The maximum Gasteiger partial charge on any atom is 0.169 e. The molecule has 0 atom stereocenters. The molecule has 0 bridgehead atoms. The van der Waals surface area contributed by atoms with Crippen molar-refractivity contribution in [1.29, 1.82) is 5.41 Å². The minimum atomic E-state index is 0.654. The summed E-state index contributed by atoms with van der Waals surface area (Å²) in [6.07, 6.45) is 14.8. The lowest BCUT2D eigenvalue weighted by Crippen LogP contribution is -2.33. The standard InChI is InChI=1S/C17H21N2O/c1-3-16(6-10-18)9-15-20-14-5-11-19-12-7-17(4-2)8-13-19/h3-4,6-10,12-13,15,18H,1-2,5,11,14H2/q+1/b15-9-,16-6-,18-10?. The van der Waals surface area contributed by atoms with Crippen LogP contribution in [0.2, 0.25) is 0 Å². The van der Waals surface area contributed by atoms with Crippen LogP contribution in [-0.4, -0.2) is 12.8 Å². The van der Waals surface area contributed by atoms with E-state index in [0.717, 1.165) is 24.1 Å². The van der Waals surface area contributed by atoms with Crippen LogP contribution in [0.5, 0.6) is 0 Å². The van der Waals surface area contributed by atoms with E-state index in [9.17, 15) is 0 Å². The summed E-state index contributed by atoms with van der Waals surface area (Å²) in [6, 6.07) is 4.07. The van der Waals surface area contributed by atoms with Crippen LogP contribution in [0, 0.1) is 5.41 Å². The molecule has 0 spiro atoms. The Bertz CT molecular complexity index is 498. The second-order valence-electron chi connectivity index (χ2n) is 4.14. The number of pyridine rings is 1. The molecule has 0 fully saturated rings. The number of hydrogen-bond donors (Lipinski definition) is 1. The van der Waals surface area contributed by atoms with Gasteiger partial charge >= 0.3 is 0 Å². The van der Waals surface area contributed by atoms with E-state index >= 15 is 0 Å². The summed E-state index contributed by atoms with van der Waals surface area (Å²) >= 11 is 0. The molecular weight excluding hydrogens is 248 g/mol. The molecule has 0 unspecified atom stereocenters. The first-order valence-electron chi connectivity index (χ1n) is 6.53. The molecule has 0 amide bonds. The molecule has 0 aliphatic carbocycles. The predicted molar refractivity (Wildman–Crippen MR) is 83.5 cm³/mol. The summed E-state index contributed by atoms with van der Waals surface area (Å²) in [7, 11) is 0. The van der Waals surface area contributed by atoms with Crippen molar-refractivity contribution >= 4 is 12.3 Å². The molecule has 1 rings (SSSR count). The summed E-state index contributed by atoms with van der Waals surface area (Å²) in [6.45, 7) is 8.96. The molecule has 104 valence electrons. The number of ether oxygens (including phenoxy) is 1. The molecular formula is C17H21N2O+. The van der Waals surface area contributed by atoms with E-state index < -0.39 is 0 Å². The van der Waals surface area contributed by atoms with Crippen molar-refractivity contribution in [3.63, 3.8) is 0 Å². The smallest absolute Gasteiger partial charge is 0.169 e. The first kappa shape index (κ1) is 15.6. The van der Waals surface area contributed by atoms with E-state index in [1.807, 2.05) is 30.6 Å². The van der Waals surface area contributed by atoms with Crippen LogP contribution in [0.1, 0.15) is 12.0 Å². The van der Waals surface area contributed by atoms with Gasteiger partial charge < -0.3 is 10.1 Å². The highest BCUT2D eigenvalue weighted by Gasteiger charge is 1.98. The van der Waals surface area contributed by atoms with Crippen LogP contribution >= 0.6 is 0 Å². The molecule has 0 radical (unpaired) electrons. The van der Waals surface area contributed by atoms with Crippen LogP contribution in [0.3, 0.4) is 0 Å². The van der Waals surface area contributed by atoms with Gasteiger partial charge in [0.1, 0.15) is 0 Å². The summed E-state index contributed by atoms with van der Waals surface area (Å²) in [4.78, 5) is 0. The Morgan fingerprint density at radius 2 is 2.05 bits per heavy atom. The average Bonchev–Trinajstić information content (AvgIpc) is 2.50. The summed E-state index contributed by atoms with van der Waals surface area (Å²) in [5.41, 5.74) is 1.98. The van der Waals surface area contributed by atoms with Gasteiger partial charge in [0.25, 0.3) is 0 Å². The van der Waals surface area contributed by atoms with E-state index in [1.54, 1.807) is 24.5 Å². The quantitative estimate of drug-likeness (QED) is 0.241. The number of aryl methyl sites for hydroxylation is 1. The average molecular weight is 269 g/mol. The number of allylic oxidation sites excluding steroid dienone is 4. The fraction of sp³-hybridized carbons (Fsp3) is 0.176. The van der Waals surface area contributed by atoms with E-state index in [2.05, 4.69) is 17.7 Å². The van der Waals surface area contributed by atoms with Gasteiger partial charge in [0.15, 0.2) is 18.9 Å². The number of rotatable bonds is 9. The van der Waals surface area contributed by atoms with Crippen molar-refractivity contribution in [1.82, 2.24) is 0 Å². The zero-order chi connectivity index (χ0) is 14.6. The molecule has 1 heterocycles. The highest BCUT2D eigenvalue weighted by Crippen LogP contribution is 1.98. The van der Waals surface area contributed by atoms with Gasteiger partial charge in [-0.05, 0) is 23.3 Å². The van der Waals surface area contributed by atoms with E-state index in [0.29, 0.717) is 6.61 Å². The normalized spacial score (nSPS) is 11.3. The van der Waals surface area contributed by atoms with Gasteiger partial charge in [-0.15, -0.1) is 0 Å². The van der Waals surface area contributed by atoms with E-state index in [4.69, 9.17) is 10.1 Å². The van der Waals surface area contributed by atoms with Gasteiger partial charge in [-0.2, -0.15) is 0 Å². The molecule has 3 heteroatoms. The summed E-state index contributed by atoms with van der Waals surface area (Å²) in [5, 5.41) is 6.97. The lowest BCUT2D eigenvalue weighted by Gasteiger charge is -1.99. The third-order valence-corrected chi connectivity index (χ3v) is 2.70. The zero-order valence-electron chi connectivity index (χ0n) is 11.7. The lowest BCUT2D eigenvalue weighted by molar-refractivity contribution is -0.697. The largest absolute Gasteiger partial charge is 0.501 e. The second kappa shape index (κ2) is 9.50. The minimum Gasteiger partial charge on any atom is -0.501 e. The molecule has 1 aromatic rings. The lowest BCUT2D eigenvalue weighted by atomic mass is 10.2. The molecule has 20 heavy (non-hydrogen) atoms.